The number of ether oxygens (including phenoxy) is 2. The van der Waals surface area contributed by atoms with Gasteiger partial charge < -0.3 is 14.8 Å². The Morgan fingerprint density at radius 3 is 2.27 bits per heavy atom. The first-order valence-corrected chi connectivity index (χ1v) is 8.13. The van der Waals surface area contributed by atoms with Crippen molar-refractivity contribution in [3.63, 3.8) is 0 Å². The molecule has 1 heterocycles. The fourth-order valence-electron chi connectivity index (χ4n) is 3.27. The quantitative estimate of drug-likeness (QED) is 0.920. The Morgan fingerprint density at radius 1 is 1.14 bits per heavy atom. The number of benzene rings is 1. The van der Waals surface area contributed by atoms with Gasteiger partial charge in [0.15, 0.2) is 11.5 Å². The molecule has 0 bridgehead atoms. The maximum absolute atomic E-state index is 6.67. The Kier molecular flexibility index (Phi) is 5.59. The molecule has 0 amide bonds. The maximum Gasteiger partial charge on any atom is 0.179 e. The number of methoxy groups -OCH3 is 2. The highest BCUT2D eigenvalue weighted by Crippen LogP contribution is 2.46. The standard InChI is InChI=1S/C17H27ClN2O2/c1-17(2,3)16(20-10-8-19-9-11-20)12-6-7-13(21-4)15(22-5)14(12)18/h6-7,16,19H,8-11H2,1-5H3/t16-/m0/s1. The summed E-state index contributed by atoms with van der Waals surface area (Å²) in [5.41, 5.74) is 1.18. The molecule has 0 aliphatic carbocycles. The summed E-state index contributed by atoms with van der Waals surface area (Å²) in [7, 11) is 3.26. The maximum atomic E-state index is 6.67. The van der Waals surface area contributed by atoms with E-state index in [4.69, 9.17) is 21.1 Å². The third-order valence-electron chi connectivity index (χ3n) is 4.15. The van der Waals surface area contributed by atoms with Gasteiger partial charge >= 0.3 is 0 Å². The summed E-state index contributed by atoms with van der Waals surface area (Å²) in [6, 6.07) is 4.25. The van der Waals surface area contributed by atoms with Crippen LogP contribution in [-0.4, -0.2) is 45.3 Å². The minimum atomic E-state index is 0.0700. The van der Waals surface area contributed by atoms with Crippen LogP contribution in [0.1, 0.15) is 32.4 Å². The predicted octanol–water partition coefficient (Wildman–Crippen LogP) is 3.35. The van der Waals surface area contributed by atoms with Crippen LogP contribution in [0.5, 0.6) is 11.5 Å². The number of rotatable bonds is 4. The van der Waals surface area contributed by atoms with E-state index in [0.29, 0.717) is 16.5 Å². The fraction of sp³-hybridized carbons (Fsp3) is 0.647. The molecule has 0 aromatic heterocycles. The third-order valence-corrected chi connectivity index (χ3v) is 4.54. The van der Waals surface area contributed by atoms with Crippen molar-refractivity contribution in [2.24, 2.45) is 5.41 Å². The minimum Gasteiger partial charge on any atom is -0.493 e. The van der Waals surface area contributed by atoms with Crippen molar-refractivity contribution in [3.8, 4) is 11.5 Å². The highest BCUT2D eigenvalue weighted by Gasteiger charge is 2.35. The van der Waals surface area contributed by atoms with Crippen LogP contribution in [0, 0.1) is 5.41 Å². The van der Waals surface area contributed by atoms with E-state index in [1.165, 1.54) is 0 Å². The van der Waals surface area contributed by atoms with Gasteiger partial charge in [-0.25, -0.2) is 0 Å². The number of piperazine rings is 1. The lowest BCUT2D eigenvalue weighted by atomic mass is 9.80. The second-order valence-corrected chi connectivity index (χ2v) is 7.14. The lowest BCUT2D eigenvalue weighted by Gasteiger charge is -2.43. The Bertz CT molecular complexity index is 508. The predicted molar refractivity (Wildman–Crippen MR) is 91.2 cm³/mol. The SMILES string of the molecule is COc1ccc([C@H](N2CCNCC2)C(C)(C)C)c(Cl)c1OC. The Hall–Kier alpha value is -0.970. The number of halogens is 1. The van der Waals surface area contributed by atoms with E-state index in [0.717, 1.165) is 31.7 Å². The molecule has 124 valence electrons. The van der Waals surface area contributed by atoms with Gasteiger partial charge in [0.2, 0.25) is 0 Å². The molecule has 0 saturated carbocycles. The molecule has 1 fully saturated rings. The molecule has 1 aliphatic heterocycles. The van der Waals surface area contributed by atoms with Gasteiger partial charge in [-0.2, -0.15) is 0 Å². The van der Waals surface area contributed by atoms with E-state index >= 15 is 0 Å². The van der Waals surface area contributed by atoms with E-state index in [1.807, 2.05) is 6.07 Å². The Labute approximate surface area is 138 Å². The van der Waals surface area contributed by atoms with Crippen LogP contribution < -0.4 is 14.8 Å². The Morgan fingerprint density at radius 2 is 1.77 bits per heavy atom. The van der Waals surface area contributed by atoms with Gasteiger partial charge in [-0.05, 0) is 17.0 Å². The molecule has 2 rings (SSSR count). The van der Waals surface area contributed by atoms with Gasteiger partial charge in [-0.3, -0.25) is 4.90 Å². The fourth-order valence-corrected chi connectivity index (χ4v) is 3.60. The lowest BCUT2D eigenvalue weighted by molar-refractivity contribution is 0.0861. The highest BCUT2D eigenvalue weighted by atomic mass is 35.5. The smallest absolute Gasteiger partial charge is 0.179 e. The van der Waals surface area contributed by atoms with E-state index in [2.05, 4.69) is 37.1 Å². The van der Waals surface area contributed by atoms with Crippen molar-refractivity contribution in [2.75, 3.05) is 40.4 Å². The van der Waals surface area contributed by atoms with Crippen LogP contribution in [0.25, 0.3) is 0 Å². The molecular formula is C17H27ClN2O2. The van der Waals surface area contributed by atoms with Gasteiger partial charge in [0.1, 0.15) is 0 Å². The first-order valence-electron chi connectivity index (χ1n) is 7.75. The molecule has 1 N–H and O–H groups in total. The summed E-state index contributed by atoms with van der Waals surface area (Å²) in [5, 5.41) is 4.06. The normalized spacial score (nSPS) is 18.1. The molecule has 22 heavy (non-hydrogen) atoms. The molecule has 4 nitrogen and oxygen atoms in total. The van der Waals surface area contributed by atoms with E-state index < -0.39 is 0 Å². The third kappa shape index (κ3) is 3.50. The zero-order chi connectivity index (χ0) is 16.3. The van der Waals surface area contributed by atoms with Crippen LogP contribution in [0.3, 0.4) is 0 Å². The molecule has 1 aromatic carbocycles. The lowest BCUT2D eigenvalue weighted by Crippen LogP contribution is -2.48. The zero-order valence-corrected chi connectivity index (χ0v) is 15.0. The van der Waals surface area contributed by atoms with Crippen molar-refractivity contribution in [1.82, 2.24) is 10.2 Å². The summed E-state index contributed by atoms with van der Waals surface area (Å²) in [6.45, 7) is 10.8. The first kappa shape index (κ1) is 17.4. The van der Waals surface area contributed by atoms with Gasteiger partial charge in [0.05, 0.1) is 19.2 Å². The largest absolute Gasteiger partial charge is 0.493 e. The number of hydrogen-bond acceptors (Lipinski definition) is 4. The monoisotopic (exact) mass is 326 g/mol. The molecule has 1 aromatic rings. The van der Waals surface area contributed by atoms with Crippen molar-refractivity contribution < 1.29 is 9.47 Å². The molecule has 0 unspecified atom stereocenters. The van der Waals surface area contributed by atoms with Crippen LogP contribution in [0.4, 0.5) is 0 Å². The Balaban J connectivity index is 2.48. The van der Waals surface area contributed by atoms with Gasteiger partial charge in [-0.1, -0.05) is 38.4 Å². The number of nitrogens with one attached hydrogen (secondary N) is 1. The molecule has 1 saturated heterocycles. The van der Waals surface area contributed by atoms with Crippen molar-refractivity contribution >= 4 is 11.6 Å². The minimum absolute atomic E-state index is 0.0700. The van der Waals surface area contributed by atoms with Crippen molar-refractivity contribution in [2.45, 2.75) is 26.8 Å². The van der Waals surface area contributed by atoms with Gasteiger partial charge in [0, 0.05) is 32.2 Å². The van der Waals surface area contributed by atoms with Gasteiger partial charge in [0.25, 0.3) is 0 Å². The van der Waals surface area contributed by atoms with Crippen LogP contribution in [0.2, 0.25) is 5.02 Å². The summed E-state index contributed by atoms with van der Waals surface area (Å²) < 4.78 is 10.8. The van der Waals surface area contributed by atoms with Crippen LogP contribution in [0.15, 0.2) is 12.1 Å². The number of hydrogen-bond donors (Lipinski definition) is 1. The summed E-state index contributed by atoms with van der Waals surface area (Å²) in [4.78, 5) is 2.50. The highest BCUT2D eigenvalue weighted by molar-refractivity contribution is 6.33. The van der Waals surface area contributed by atoms with Crippen molar-refractivity contribution in [3.05, 3.63) is 22.7 Å². The second-order valence-electron chi connectivity index (χ2n) is 6.76. The van der Waals surface area contributed by atoms with Crippen LogP contribution >= 0.6 is 11.6 Å². The molecule has 1 atom stereocenters. The van der Waals surface area contributed by atoms with E-state index in [9.17, 15) is 0 Å². The second kappa shape index (κ2) is 7.07. The summed E-state index contributed by atoms with van der Waals surface area (Å²) in [5.74, 6) is 1.29. The van der Waals surface area contributed by atoms with E-state index in [-0.39, 0.29) is 11.5 Å². The molecule has 5 heteroatoms. The van der Waals surface area contributed by atoms with Gasteiger partial charge in [-0.15, -0.1) is 0 Å². The summed E-state index contributed by atoms with van der Waals surface area (Å²) in [6.07, 6.45) is 0. The van der Waals surface area contributed by atoms with Crippen LogP contribution in [-0.2, 0) is 0 Å². The molecule has 0 radical (unpaired) electrons. The summed E-state index contributed by atoms with van der Waals surface area (Å²) >= 11 is 6.67. The average molecular weight is 327 g/mol. The zero-order valence-electron chi connectivity index (χ0n) is 14.2. The molecule has 1 aliphatic rings. The molecular weight excluding hydrogens is 300 g/mol. The number of nitrogens with zero attached hydrogens (tertiary/aromatic N) is 1. The first-order chi connectivity index (χ1) is 10.4. The average Bonchev–Trinajstić information content (AvgIpc) is 2.48. The molecule has 0 spiro atoms. The van der Waals surface area contributed by atoms with E-state index in [1.54, 1.807) is 14.2 Å². The van der Waals surface area contributed by atoms with Crippen molar-refractivity contribution in [1.29, 1.82) is 0 Å². The topological polar surface area (TPSA) is 33.7 Å².